The fraction of sp³-hybridized carbons (Fsp3) is 0.500. The highest BCUT2D eigenvalue weighted by Gasteiger charge is 2.45. The first-order valence-corrected chi connectivity index (χ1v) is 8.02. The molecule has 10 heteroatoms. The van der Waals surface area contributed by atoms with E-state index in [1.165, 1.54) is 31.2 Å². The number of aliphatic hydroxyl groups excluding tert-OH is 3. The molecule has 0 unspecified atom stereocenters. The Balaban J connectivity index is 2.19. The summed E-state index contributed by atoms with van der Waals surface area (Å²) < 4.78 is 5.57. The molecule has 1 aromatic carbocycles. The lowest BCUT2D eigenvalue weighted by Gasteiger charge is -2.42. The Morgan fingerprint density at radius 1 is 1.33 bits per heavy atom. The monoisotopic (exact) mass is 358 g/mol. The molecule has 0 bridgehead atoms. The van der Waals surface area contributed by atoms with Crippen molar-refractivity contribution in [1.82, 2.24) is 5.32 Å². The number of ether oxygens (including phenoxy) is 1. The molecule has 1 saturated heterocycles. The van der Waals surface area contributed by atoms with Crippen molar-refractivity contribution in [3.63, 3.8) is 0 Å². The summed E-state index contributed by atoms with van der Waals surface area (Å²) in [5.74, 6) is -0.411. The van der Waals surface area contributed by atoms with Crippen molar-refractivity contribution < 1.29 is 29.8 Å². The zero-order valence-electron chi connectivity index (χ0n) is 12.7. The van der Waals surface area contributed by atoms with E-state index in [4.69, 9.17) is 4.74 Å². The number of nitro benzene ring substituents is 1. The summed E-state index contributed by atoms with van der Waals surface area (Å²) in [5.41, 5.74) is -0.850. The molecule has 1 aliphatic rings. The van der Waals surface area contributed by atoms with Crippen molar-refractivity contribution >= 4 is 23.4 Å². The molecular weight excluding hydrogens is 340 g/mol. The van der Waals surface area contributed by atoms with Crippen molar-refractivity contribution in [1.29, 1.82) is 0 Å². The van der Waals surface area contributed by atoms with Gasteiger partial charge in [0.05, 0.1) is 17.6 Å². The van der Waals surface area contributed by atoms with Gasteiger partial charge in [0.25, 0.3) is 5.69 Å². The largest absolute Gasteiger partial charge is 0.394 e. The van der Waals surface area contributed by atoms with Crippen LogP contribution in [0.2, 0.25) is 0 Å². The fourth-order valence-electron chi connectivity index (χ4n) is 2.35. The average Bonchev–Trinajstić information content (AvgIpc) is 2.54. The molecule has 0 aromatic heterocycles. The highest BCUT2D eigenvalue weighted by molar-refractivity contribution is 7.99. The molecule has 1 heterocycles. The number of thioether (sulfide) groups is 1. The lowest BCUT2D eigenvalue weighted by molar-refractivity contribution is -0.384. The molecule has 1 fully saturated rings. The minimum Gasteiger partial charge on any atom is -0.394 e. The molecule has 24 heavy (non-hydrogen) atoms. The summed E-state index contributed by atoms with van der Waals surface area (Å²) in [4.78, 5) is 22.1. The van der Waals surface area contributed by atoms with Crippen LogP contribution in [0, 0.1) is 10.1 Å². The minimum absolute atomic E-state index is 0.0639. The molecule has 2 rings (SSSR count). The van der Waals surface area contributed by atoms with E-state index in [9.17, 15) is 30.2 Å². The van der Waals surface area contributed by atoms with E-state index in [2.05, 4.69) is 5.32 Å². The van der Waals surface area contributed by atoms with E-state index in [1.807, 2.05) is 0 Å². The van der Waals surface area contributed by atoms with Crippen LogP contribution in [0.3, 0.4) is 0 Å². The maximum absolute atomic E-state index is 11.3. The highest BCUT2D eigenvalue weighted by atomic mass is 32.2. The molecular formula is C14H18N2O7S. The number of amides is 1. The summed E-state index contributed by atoms with van der Waals surface area (Å²) in [5, 5.41) is 42.6. The minimum atomic E-state index is -1.35. The summed E-state index contributed by atoms with van der Waals surface area (Å²) in [7, 11) is 0. The standard InChI is InChI=1S/C14H18N2O7S/c1-7(18)15-11-13(20)12(19)10(6-17)23-14(11)24-9-4-2-8(3-5-9)16(21)22/h2-5,10-14,17,19-20H,6H2,1H3,(H,15,18)/t10-,11-,12+,13-,14-/m1/s1. The molecule has 1 aliphatic heterocycles. The molecule has 0 spiro atoms. The zero-order chi connectivity index (χ0) is 17.9. The van der Waals surface area contributed by atoms with Gasteiger partial charge in [0.15, 0.2) is 0 Å². The smallest absolute Gasteiger partial charge is 0.269 e. The van der Waals surface area contributed by atoms with Gasteiger partial charge < -0.3 is 25.4 Å². The summed E-state index contributed by atoms with van der Waals surface area (Å²) in [6.45, 7) is 0.771. The van der Waals surface area contributed by atoms with Gasteiger partial charge in [-0.15, -0.1) is 0 Å². The lowest BCUT2D eigenvalue weighted by Crippen LogP contribution is -2.63. The van der Waals surface area contributed by atoms with E-state index in [0.29, 0.717) is 4.90 Å². The van der Waals surface area contributed by atoms with Gasteiger partial charge in [0.2, 0.25) is 5.91 Å². The number of nitrogens with one attached hydrogen (secondary N) is 1. The Hall–Kier alpha value is -1.72. The van der Waals surface area contributed by atoms with Crippen LogP contribution in [0.4, 0.5) is 5.69 Å². The molecule has 1 amide bonds. The molecule has 1 aromatic rings. The summed E-state index contributed by atoms with van der Waals surface area (Å²) >= 11 is 1.12. The quantitative estimate of drug-likeness (QED) is 0.412. The second-order valence-corrected chi connectivity index (χ2v) is 6.47. The molecule has 0 aliphatic carbocycles. The fourth-order valence-corrected chi connectivity index (χ4v) is 3.49. The van der Waals surface area contributed by atoms with Crippen molar-refractivity contribution in [3.05, 3.63) is 34.4 Å². The van der Waals surface area contributed by atoms with E-state index in [1.54, 1.807) is 0 Å². The molecule has 132 valence electrons. The topological polar surface area (TPSA) is 142 Å². The van der Waals surface area contributed by atoms with Gasteiger partial charge in [-0.2, -0.15) is 0 Å². The van der Waals surface area contributed by atoms with E-state index in [-0.39, 0.29) is 5.69 Å². The van der Waals surface area contributed by atoms with Gasteiger partial charge in [-0.05, 0) is 12.1 Å². The molecule has 0 saturated carbocycles. The number of carbonyl (C=O) groups is 1. The first-order valence-electron chi connectivity index (χ1n) is 7.14. The number of carbonyl (C=O) groups excluding carboxylic acids is 1. The van der Waals surface area contributed by atoms with Gasteiger partial charge in [-0.25, -0.2) is 0 Å². The first kappa shape index (κ1) is 18.6. The Bertz CT molecular complexity index is 597. The number of hydrogen-bond acceptors (Lipinski definition) is 8. The van der Waals surface area contributed by atoms with Crippen LogP contribution in [0.1, 0.15) is 6.92 Å². The number of rotatable bonds is 5. The Kier molecular flexibility index (Phi) is 6.13. The van der Waals surface area contributed by atoms with Gasteiger partial charge in [0.1, 0.15) is 23.7 Å². The normalized spacial score (nSPS) is 29.9. The molecule has 5 atom stereocenters. The summed E-state index contributed by atoms with van der Waals surface area (Å²) in [6.07, 6.45) is -3.67. The maximum Gasteiger partial charge on any atom is 0.269 e. The molecule has 9 nitrogen and oxygen atoms in total. The number of benzene rings is 1. The second-order valence-electron chi connectivity index (χ2n) is 5.30. The van der Waals surface area contributed by atoms with E-state index < -0.39 is 47.2 Å². The average molecular weight is 358 g/mol. The van der Waals surface area contributed by atoms with Crippen molar-refractivity contribution in [2.24, 2.45) is 0 Å². The third-order valence-corrected chi connectivity index (χ3v) is 4.73. The lowest BCUT2D eigenvalue weighted by atomic mass is 9.98. The van der Waals surface area contributed by atoms with Crippen LogP contribution in [-0.2, 0) is 9.53 Å². The van der Waals surface area contributed by atoms with Crippen molar-refractivity contribution in [3.8, 4) is 0 Å². The van der Waals surface area contributed by atoms with E-state index >= 15 is 0 Å². The van der Waals surface area contributed by atoms with Crippen LogP contribution in [-0.4, -0.2) is 62.5 Å². The Labute approximate surface area is 141 Å². The third-order valence-electron chi connectivity index (χ3n) is 3.55. The number of hydrogen-bond donors (Lipinski definition) is 4. The third kappa shape index (κ3) is 4.22. The number of nitro groups is 1. The van der Waals surface area contributed by atoms with Crippen LogP contribution in [0.15, 0.2) is 29.2 Å². The maximum atomic E-state index is 11.3. The van der Waals surface area contributed by atoms with Crippen LogP contribution in [0.5, 0.6) is 0 Å². The van der Waals surface area contributed by atoms with Gasteiger partial charge in [-0.1, -0.05) is 11.8 Å². The van der Waals surface area contributed by atoms with E-state index in [0.717, 1.165) is 11.8 Å². The second kappa shape index (κ2) is 7.90. The van der Waals surface area contributed by atoms with Gasteiger partial charge >= 0.3 is 0 Å². The highest BCUT2D eigenvalue weighted by Crippen LogP contribution is 2.34. The van der Waals surface area contributed by atoms with Gasteiger partial charge in [-0.3, -0.25) is 14.9 Å². The molecule has 4 N–H and O–H groups in total. The van der Waals surface area contributed by atoms with Crippen molar-refractivity contribution in [2.45, 2.75) is 41.6 Å². The predicted octanol–water partition coefficient (Wildman–Crippen LogP) is -0.369. The zero-order valence-corrected chi connectivity index (χ0v) is 13.5. The SMILES string of the molecule is CC(=O)N[C@@H]1[C@@H](O)[C@@H](O)[C@@H](CO)O[C@@H]1Sc1ccc([N+](=O)[O-])cc1. The number of aliphatic hydroxyl groups is 3. The Morgan fingerprint density at radius 2 is 1.96 bits per heavy atom. The first-order chi connectivity index (χ1) is 11.3. The number of nitrogens with zero attached hydrogens (tertiary/aromatic N) is 1. The Morgan fingerprint density at radius 3 is 2.46 bits per heavy atom. The van der Waals surface area contributed by atoms with Crippen LogP contribution < -0.4 is 5.32 Å². The molecule has 0 radical (unpaired) electrons. The van der Waals surface area contributed by atoms with Gasteiger partial charge in [0, 0.05) is 24.0 Å². The number of non-ortho nitro benzene ring substituents is 1. The van der Waals surface area contributed by atoms with Crippen molar-refractivity contribution in [2.75, 3.05) is 6.61 Å². The predicted molar refractivity (Wildman–Crippen MR) is 84.3 cm³/mol. The van der Waals surface area contributed by atoms with Crippen LogP contribution in [0.25, 0.3) is 0 Å². The van der Waals surface area contributed by atoms with Crippen LogP contribution >= 0.6 is 11.8 Å². The summed E-state index contributed by atoms with van der Waals surface area (Å²) in [6, 6.07) is 4.78.